The first-order chi connectivity index (χ1) is 13.0. The minimum absolute atomic E-state index is 0.168. The first-order valence-electron chi connectivity index (χ1n) is 8.81. The average molecular weight is 393 g/mol. The van der Waals surface area contributed by atoms with Gasteiger partial charge in [0.1, 0.15) is 6.54 Å². The second-order valence-corrected chi connectivity index (χ2v) is 6.61. The number of piperazine rings is 1. The maximum atomic E-state index is 11.8. The van der Waals surface area contributed by atoms with Crippen molar-refractivity contribution in [3.05, 3.63) is 35.1 Å². The number of hydrogen-bond donors (Lipinski definition) is 3. The Kier molecular flexibility index (Phi) is 6.25. The van der Waals surface area contributed by atoms with E-state index in [2.05, 4.69) is 20.3 Å². The summed E-state index contributed by atoms with van der Waals surface area (Å²) >= 11 is 5.90. The second kappa shape index (κ2) is 8.83. The zero-order chi connectivity index (χ0) is 19.2. The van der Waals surface area contributed by atoms with Gasteiger partial charge in [-0.2, -0.15) is 15.0 Å². The fourth-order valence-corrected chi connectivity index (χ4v) is 2.98. The molecule has 27 heavy (non-hydrogen) atoms. The van der Waals surface area contributed by atoms with Crippen molar-refractivity contribution in [3.8, 4) is 0 Å². The van der Waals surface area contributed by atoms with Gasteiger partial charge < -0.3 is 20.7 Å². The van der Waals surface area contributed by atoms with Crippen LogP contribution < -0.4 is 16.0 Å². The molecule has 144 valence electrons. The van der Waals surface area contributed by atoms with Crippen molar-refractivity contribution in [3.63, 3.8) is 0 Å². The third-order valence-electron chi connectivity index (χ3n) is 4.20. The van der Waals surface area contributed by atoms with Gasteiger partial charge in [-0.25, -0.2) is 4.79 Å². The number of benzene rings is 1. The van der Waals surface area contributed by atoms with Crippen molar-refractivity contribution < 1.29 is 14.4 Å². The topological polar surface area (TPSA) is 111 Å². The molecule has 1 saturated heterocycles. The van der Waals surface area contributed by atoms with E-state index < -0.39 is 0 Å². The van der Waals surface area contributed by atoms with Crippen molar-refractivity contribution in [1.82, 2.24) is 19.9 Å². The molecule has 10 heteroatoms. The molecular formula is C17H23ClN7O2+. The molecule has 2 aromatic rings. The van der Waals surface area contributed by atoms with Gasteiger partial charge in [0.2, 0.25) is 11.9 Å². The number of hydrogen-bond acceptors (Lipinski definition) is 7. The fraction of sp³-hybridized carbons (Fsp3) is 0.412. The molecule has 0 spiro atoms. The summed E-state index contributed by atoms with van der Waals surface area (Å²) in [5.74, 6) is 1.17. The summed E-state index contributed by atoms with van der Waals surface area (Å²) < 4.78 is 5.04. The molecule has 0 radical (unpaired) electrons. The lowest BCUT2D eigenvalue weighted by atomic mass is 10.3. The highest BCUT2D eigenvalue weighted by Crippen LogP contribution is 2.16. The van der Waals surface area contributed by atoms with Crippen LogP contribution in [0.2, 0.25) is 5.02 Å². The van der Waals surface area contributed by atoms with Crippen LogP contribution in [-0.2, 0) is 11.3 Å². The molecule has 0 saturated carbocycles. The summed E-state index contributed by atoms with van der Waals surface area (Å²) in [6.07, 6.45) is -0.254. The number of carbonyl (C=O) groups is 1. The third kappa shape index (κ3) is 5.41. The third-order valence-corrected chi connectivity index (χ3v) is 4.46. The fourth-order valence-electron chi connectivity index (χ4n) is 2.86. The molecular weight excluding hydrogens is 370 g/mol. The Labute approximate surface area is 162 Å². The number of nitrogens with zero attached hydrogens (tertiary/aromatic N) is 4. The molecule has 0 aliphatic carbocycles. The zero-order valence-corrected chi connectivity index (χ0v) is 15.9. The molecule has 1 aliphatic heterocycles. The van der Waals surface area contributed by atoms with E-state index in [-0.39, 0.29) is 12.0 Å². The average Bonchev–Trinajstić information content (AvgIpc) is 2.64. The molecule has 2 heterocycles. The lowest BCUT2D eigenvalue weighted by Crippen LogP contribution is -3.13. The first kappa shape index (κ1) is 19.1. The summed E-state index contributed by atoms with van der Waals surface area (Å²) in [6.45, 7) is 5.68. The van der Waals surface area contributed by atoms with Crippen LogP contribution in [0.25, 0.3) is 0 Å². The molecule has 1 aromatic heterocycles. The predicted molar refractivity (Wildman–Crippen MR) is 102 cm³/mol. The second-order valence-electron chi connectivity index (χ2n) is 6.18. The van der Waals surface area contributed by atoms with Crippen LogP contribution in [0.5, 0.6) is 0 Å². The molecule has 9 nitrogen and oxygen atoms in total. The molecule has 0 unspecified atom stereocenters. The molecule has 1 fully saturated rings. The summed E-state index contributed by atoms with van der Waals surface area (Å²) in [5.41, 5.74) is 6.65. The number of rotatable bonds is 5. The van der Waals surface area contributed by atoms with Crippen LogP contribution in [0.3, 0.4) is 0 Å². The molecule has 1 aromatic carbocycles. The number of ether oxygens (including phenoxy) is 1. The van der Waals surface area contributed by atoms with Gasteiger partial charge in [-0.1, -0.05) is 11.6 Å². The summed E-state index contributed by atoms with van der Waals surface area (Å²) in [5, 5.41) is 3.76. The van der Waals surface area contributed by atoms with Gasteiger partial charge >= 0.3 is 6.09 Å². The van der Waals surface area contributed by atoms with Crippen molar-refractivity contribution >= 4 is 35.3 Å². The van der Waals surface area contributed by atoms with E-state index in [0.29, 0.717) is 43.0 Å². The van der Waals surface area contributed by atoms with E-state index in [1.807, 2.05) is 12.1 Å². The van der Waals surface area contributed by atoms with Crippen molar-refractivity contribution in [2.24, 2.45) is 0 Å². The molecule has 1 amide bonds. The number of quaternary nitrogens is 1. The van der Waals surface area contributed by atoms with E-state index in [9.17, 15) is 4.79 Å². The Hall–Kier alpha value is -2.65. The lowest BCUT2D eigenvalue weighted by molar-refractivity contribution is -0.918. The smallest absolute Gasteiger partial charge is 0.410 e. The number of amides is 1. The highest BCUT2D eigenvalue weighted by Gasteiger charge is 2.25. The highest BCUT2D eigenvalue weighted by molar-refractivity contribution is 6.30. The van der Waals surface area contributed by atoms with Crippen LogP contribution in [0.1, 0.15) is 12.7 Å². The summed E-state index contributed by atoms with van der Waals surface area (Å²) in [7, 11) is 0. The van der Waals surface area contributed by atoms with Crippen molar-refractivity contribution in [2.45, 2.75) is 13.5 Å². The Morgan fingerprint density at radius 1 is 1.26 bits per heavy atom. The zero-order valence-electron chi connectivity index (χ0n) is 15.1. The SMILES string of the molecule is CCOC(=O)N1CC[NH+](Cc2nc(N)nc(Nc3ccc(Cl)cc3)n2)CC1. The van der Waals surface area contributed by atoms with Gasteiger partial charge in [0, 0.05) is 10.7 Å². The minimum Gasteiger partial charge on any atom is -0.450 e. The maximum Gasteiger partial charge on any atom is 0.410 e. The number of halogens is 1. The van der Waals surface area contributed by atoms with Gasteiger partial charge in [0.25, 0.3) is 0 Å². The van der Waals surface area contributed by atoms with E-state index in [0.717, 1.165) is 18.8 Å². The number of nitrogen functional groups attached to an aromatic ring is 1. The van der Waals surface area contributed by atoms with Crippen LogP contribution >= 0.6 is 11.6 Å². The van der Waals surface area contributed by atoms with Gasteiger partial charge in [-0.05, 0) is 31.2 Å². The van der Waals surface area contributed by atoms with Crippen LogP contribution in [0, 0.1) is 0 Å². The number of carbonyl (C=O) groups excluding carboxylic acids is 1. The van der Waals surface area contributed by atoms with Gasteiger partial charge in [0.05, 0.1) is 32.8 Å². The minimum atomic E-state index is -0.254. The Balaban J connectivity index is 1.60. The largest absolute Gasteiger partial charge is 0.450 e. The Morgan fingerprint density at radius 2 is 1.96 bits per heavy atom. The van der Waals surface area contributed by atoms with Gasteiger partial charge in [0.15, 0.2) is 5.82 Å². The van der Waals surface area contributed by atoms with Crippen LogP contribution in [-0.4, -0.2) is 58.7 Å². The standard InChI is InChI=1S/C17H22ClN7O2/c1-2-27-17(26)25-9-7-24(8-10-25)11-14-21-15(19)23-16(22-14)20-13-5-3-12(18)4-6-13/h3-6H,2,7-11H2,1H3,(H3,19,20,21,22,23)/p+1. The maximum absolute atomic E-state index is 11.8. The highest BCUT2D eigenvalue weighted by atomic mass is 35.5. The lowest BCUT2D eigenvalue weighted by Gasteiger charge is -2.31. The molecule has 1 aliphatic rings. The number of nitrogens with two attached hydrogens (primary N) is 1. The van der Waals surface area contributed by atoms with Crippen LogP contribution in [0.15, 0.2) is 24.3 Å². The van der Waals surface area contributed by atoms with E-state index in [1.54, 1.807) is 24.0 Å². The molecule has 0 atom stereocenters. The molecule has 0 bridgehead atoms. The van der Waals surface area contributed by atoms with Crippen LogP contribution in [0.4, 0.5) is 22.4 Å². The van der Waals surface area contributed by atoms with E-state index in [1.165, 1.54) is 4.90 Å². The molecule has 4 N–H and O–H groups in total. The predicted octanol–water partition coefficient (Wildman–Crippen LogP) is 0.708. The number of anilines is 3. The van der Waals surface area contributed by atoms with Crippen molar-refractivity contribution in [1.29, 1.82) is 0 Å². The summed E-state index contributed by atoms with van der Waals surface area (Å²) in [4.78, 5) is 27.6. The molecule has 3 rings (SSSR count). The quantitative estimate of drug-likeness (QED) is 0.687. The number of aromatic nitrogens is 3. The monoisotopic (exact) mass is 392 g/mol. The van der Waals surface area contributed by atoms with E-state index >= 15 is 0 Å². The van der Waals surface area contributed by atoms with Crippen molar-refractivity contribution in [2.75, 3.05) is 43.8 Å². The number of nitrogens with one attached hydrogen (secondary N) is 2. The Bertz CT molecular complexity index is 779. The normalized spacial score (nSPS) is 14.8. The van der Waals surface area contributed by atoms with E-state index in [4.69, 9.17) is 22.1 Å². The first-order valence-corrected chi connectivity index (χ1v) is 9.19. The summed E-state index contributed by atoms with van der Waals surface area (Å²) in [6, 6.07) is 7.23. The van der Waals surface area contributed by atoms with Gasteiger partial charge in [-0.3, -0.25) is 4.90 Å². The Morgan fingerprint density at radius 3 is 2.63 bits per heavy atom. The van der Waals surface area contributed by atoms with Gasteiger partial charge in [-0.15, -0.1) is 0 Å².